The molecule has 0 aromatic carbocycles. The highest BCUT2D eigenvalue weighted by Crippen LogP contribution is 2.59. The molecule has 1 aliphatic rings. The minimum Gasteiger partial charge on any atom is -0.328 e. The van der Waals surface area contributed by atoms with Crippen LogP contribution in [-0.2, 0) is 4.79 Å². The van der Waals surface area contributed by atoms with E-state index in [0.717, 1.165) is 0 Å². The highest BCUT2D eigenvalue weighted by Gasteiger charge is 2.74. The third-order valence-corrected chi connectivity index (χ3v) is 4.45. The minimum atomic E-state index is -4.38. The lowest BCUT2D eigenvalue weighted by Crippen LogP contribution is -2.60. The number of alkyl halides is 6. The molecular weight excluding hydrogens is 293 g/mol. The Bertz CT molecular complexity index is 311. The van der Waals surface area contributed by atoms with Crippen molar-refractivity contribution in [2.45, 2.75) is 34.2 Å². The van der Waals surface area contributed by atoms with Gasteiger partial charge in [0.2, 0.25) is 10.8 Å². The van der Waals surface area contributed by atoms with Crippen LogP contribution in [0.15, 0.2) is 0 Å². The van der Waals surface area contributed by atoms with Gasteiger partial charge in [-0.25, -0.2) is 0 Å². The minimum absolute atomic E-state index is 0.0127. The predicted molar refractivity (Wildman–Crippen MR) is 54.1 cm³/mol. The first-order valence-corrected chi connectivity index (χ1v) is 5.57. The molecule has 9 heteroatoms. The van der Waals surface area contributed by atoms with Gasteiger partial charge in [0.25, 0.3) is 0 Å². The number of hydrogen-bond acceptors (Lipinski definition) is 2. The van der Waals surface area contributed by atoms with Gasteiger partial charge in [-0.1, -0.05) is 0 Å². The van der Waals surface area contributed by atoms with Gasteiger partial charge in [-0.05, 0) is 37.0 Å². The van der Waals surface area contributed by atoms with E-state index in [9.17, 15) is 22.4 Å². The second-order valence-corrected chi connectivity index (χ2v) is 6.53. The molecule has 94 valence electrons. The summed E-state index contributed by atoms with van der Waals surface area (Å²) in [5.41, 5.74) is 0. The van der Waals surface area contributed by atoms with E-state index in [1.807, 2.05) is 0 Å². The summed E-state index contributed by atoms with van der Waals surface area (Å²) in [6.07, 6.45) is 0. The van der Waals surface area contributed by atoms with Gasteiger partial charge >= 0.3 is 10.8 Å². The lowest BCUT2D eigenvalue weighted by Gasteiger charge is -2.35. The average Bonchev–Trinajstić information content (AvgIpc) is 2.21. The molecule has 0 saturated carbocycles. The van der Waals surface area contributed by atoms with E-state index in [1.54, 1.807) is 0 Å². The summed E-state index contributed by atoms with van der Waals surface area (Å²) in [6.45, 7) is 2.44. The van der Waals surface area contributed by atoms with E-state index < -0.39 is 26.3 Å². The summed E-state index contributed by atoms with van der Waals surface area (Å²) < 4.78 is 50.8. The molecule has 0 bridgehead atoms. The number of carbonyl (C=O) groups is 1. The summed E-state index contributed by atoms with van der Waals surface area (Å²) in [5, 5.41) is -7.27. The normalized spacial score (nSPS) is 24.4. The Morgan fingerprint density at radius 3 is 1.69 bits per heavy atom. The van der Waals surface area contributed by atoms with E-state index in [2.05, 4.69) is 23.2 Å². The zero-order chi connectivity index (χ0) is 13.0. The van der Waals surface area contributed by atoms with Gasteiger partial charge in [0, 0.05) is 0 Å². The molecular formula is C7H7Cl2F4NOS. The van der Waals surface area contributed by atoms with Crippen LogP contribution in [0.4, 0.5) is 17.6 Å². The van der Waals surface area contributed by atoms with Crippen LogP contribution >= 0.6 is 35.0 Å². The summed E-state index contributed by atoms with van der Waals surface area (Å²) >= 11 is 9.29. The molecule has 1 aliphatic heterocycles. The molecule has 1 N–H and O–H groups in total. The Labute approximate surface area is 103 Å². The Morgan fingerprint density at radius 1 is 1.19 bits per heavy atom. The van der Waals surface area contributed by atoms with Crippen molar-refractivity contribution in [3.05, 3.63) is 0 Å². The second-order valence-electron chi connectivity index (χ2n) is 3.74. The van der Waals surface area contributed by atoms with Crippen molar-refractivity contribution in [1.29, 1.82) is 0 Å². The van der Waals surface area contributed by atoms with Crippen LogP contribution in [0.1, 0.15) is 13.8 Å². The Morgan fingerprint density at radius 2 is 1.56 bits per heavy atom. The molecule has 0 spiro atoms. The summed E-state index contributed by atoms with van der Waals surface area (Å²) in [4.78, 5) is 7.95. The maximum absolute atomic E-state index is 13.1. The largest absolute Gasteiger partial charge is 0.361 e. The highest BCUT2D eigenvalue weighted by atomic mass is 35.5. The standard InChI is InChI=1S/C7H7Cl2F4NOS/c1-4(2)3(15)14-5(16-4,6(8,10)11)7(9,12)13/h1-2H3,(H,14,15). The molecule has 0 unspecified atom stereocenters. The molecule has 0 aromatic heterocycles. The zero-order valence-corrected chi connectivity index (χ0v) is 10.4. The van der Waals surface area contributed by atoms with Gasteiger partial charge in [0.05, 0.1) is 4.75 Å². The average molecular weight is 300 g/mol. The molecule has 16 heavy (non-hydrogen) atoms. The van der Waals surface area contributed by atoms with Crippen molar-refractivity contribution in [3.63, 3.8) is 0 Å². The number of amides is 1. The molecule has 1 fully saturated rings. The summed E-state index contributed by atoms with van der Waals surface area (Å²) in [5.74, 6) is -0.974. The lowest BCUT2D eigenvalue weighted by molar-refractivity contribution is -0.129. The second kappa shape index (κ2) is 3.55. The first-order chi connectivity index (χ1) is 6.83. The fraction of sp³-hybridized carbons (Fsp3) is 0.857. The van der Waals surface area contributed by atoms with Crippen molar-refractivity contribution < 1.29 is 22.4 Å². The van der Waals surface area contributed by atoms with Crippen molar-refractivity contribution in [3.8, 4) is 0 Å². The van der Waals surface area contributed by atoms with Gasteiger partial charge in [-0.3, -0.25) is 4.79 Å². The van der Waals surface area contributed by atoms with E-state index in [0.29, 0.717) is 0 Å². The summed E-state index contributed by atoms with van der Waals surface area (Å²) in [7, 11) is 0. The van der Waals surface area contributed by atoms with Crippen molar-refractivity contribution in [1.82, 2.24) is 5.32 Å². The lowest BCUT2D eigenvalue weighted by atomic mass is 10.2. The first-order valence-electron chi connectivity index (χ1n) is 4.00. The maximum Gasteiger partial charge on any atom is 0.361 e. The van der Waals surface area contributed by atoms with Crippen LogP contribution in [0, 0.1) is 0 Å². The quantitative estimate of drug-likeness (QED) is 0.627. The smallest absolute Gasteiger partial charge is 0.328 e. The summed E-state index contributed by atoms with van der Waals surface area (Å²) in [6, 6.07) is 0. The van der Waals surface area contributed by atoms with E-state index in [-0.39, 0.29) is 11.8 Å². The Balaban J connectivity index is 3.28. The van der Waals surface area contributed by atoms with Crippen molar-refractivity contribution >= 4 is 40.9 Å². The molecule has 0 radical (unpaired) electrons. The molecule has 2 nitrogen and oxygen atoms in total. The number of rotatable bonds is 2. The van der Waals surface area contributed by atoms with Gasteiger partial charge in [-0.2, -0.15) is 17.6 Å². The van der Waals surface area contributed by atoms with Crippen LogP contribution in [-0.4, -0.2) is 26.3 Å². The maximum atomic E-state index is 13.1. The predicted octanol–water partition coefficient (Wildman–Crippen LogP) is 2.99. The van der Waals surface area contributed by atoms with Crippen LogP contribution in [0.25, 0.3) is 0 Å². The molecule has 1 amide bonds. The molecule has 1 heterocycles. The molecule has 0 aromatic rings. The fourth-order valence-corrected chi connectivity index (χ4v) is 3.08. The van der Waals surface area contributed by atoms with Crippen molar-refractivity contribution in [2.24, 2.45) is 0 Å². The van der Waals surface area contributed by atoms with Gasteiger partial charge in [-0.15, -0.1) is 11.8 Å². The van der Waals surface area contributed by atoms with E-state index in [4.69, 9.17) is 0 Å². The highest BCUT2D eigenvalue weighted by molar-refractivity contribution is 8.03. The number of hydrogen-bond donors (Lipinski definition) is 1. The van der Waals surface area contributed by atoms with Crippen LogP contribution < -0.4 is 5.32 Å². The molecule has 1 rings (SSSR count). The first kappa shape index (κ1) is 14.2. The molecule has 0 aliphatic carbocycles. The Hall–Kier alpha value is 0.120. The third kappa shape index (κ3) is 1.97. The van der Waals surface area contributed by atoms with Crippen LogP contribution in [0.5, 0.6) is 0 Å². The molecule has 1 saturated heterocycles. The third-order valence-electron chi connectivity index (χ3n) is 2.04. The number of carbonyl (C=O) groups excluding carboxylic acids is 1. The van der Waals surface area contributed by atoms with Crippen molar-refractivity contribution in [2.75, 3.05) is 0 Å². The van der Waals surface area contributed by atoms with Gasteiger partial charge in [0.1, 0.15) is 0 Å². The topological polar surface area (TPSA) is 29.1 Å². The van der Waals surface area contributed by atoms with Gasteiger partial charge < -0.3 is 5.32 Å². The zero-order valence-electron chi connectivity index (χ0n) is 8.08. The van der Waals surface area contributed by atoms with Gasteiger partial charge in [0.15, 0.2) is 0 Å². The van der Waals surface area contributed by atoms with Crippen LogP contribution in [0.3, 0.4) is 0 Å². The van der Waals surface area contributed by atoms with Crippen LogP contribution in [0.2, 0.25) is 0 Å². The number of nitrogens with one attached hydrogen (secondary N) is 1. The number of halogens is 6. The van der Waals surface area contributed by atoms with E-state index in [1.165, 1.54) is 19.2 Å². The fourth-order valence-electron chi connectivity index (χ4n) is 1.18. The number of thioether (sulfide) groups is 1. The monoisotopic (exact) mass is 299 g/mol. The molecule has 0 atom stereocenters. The van der Waals surface area contributed by atoms with E-state index >= 15 is 0 Å². The SMILES string of the molecule is CC1(C)SC(C(F)(F)Cl)(C(F)(F)Cl)NC1=O. The Kier molecular flexibility index (Phi) is 3.15.